The van der Waals surface area contributed by atoms with E-state index < -0.39 is 15.8 Å². The number of hydrogen-bond donors (Lipinski definition) is 3. The molecule has 5 nitrogen and oxygen atoms in total. The molecule has 6 heteroatoms. The van der Waals surface area contributed by atoms with Crippen LogP contribution in [-0.2, 0) is 10.1 Å². The second-order valence-corrected chi connectivity index (χ2v) is 7.62. The Morgan fingerprint density at radius 3 is 1.82 bits per heavy atom. The normalized spacial score (nSPS) is 43.1. The monoisotopic (exact) mass is 265 g/mol. The molecule has 2 saturated carbocycles. The third kappa shape index (κ3) is 2.50. The molecule has 3 atom stereocenters. The van der Waals surface area contributed by atoms with Crippen LogP contribution >= 0.6 is 0 Å². The van der Waals surface area contributed by atoms with Crippen LogP contribution < -0.4 is 5.73 Å². The molecule has 2 rings (SSSR count). The van der Waals surface area contributed by atoms with Crippen LogP contribution in [0.25, 0.3) is 0 Å². The van der Waals surface area contributed by atoms with Crippen molar-refractivity contribution in [2.45, 2.75) is 45.8 Å². The summed E-state index contributed by atoms with van der Waals surface area (Å²) in [5.41, 5.74) is 5.17. The minimum absolute atomic E-state index is 0.0648. The number of hydrogen-bond acceptors (Lipinski definition) is 4. The van der Waals surface area contributed by atoms with E-state index in [-0.39, 0.29) is 10.8 Å². The Balaban J connectivity index is 0.000000249. The van der Waals surface area contributed by atoms with Crippen molar-refractivity contribution in [3.8, 4) is 0 Å². The van der Waals surface area contributed by atoms with E-state index in [4.69, 9.17) is 10.3 Å². The van der Waals surface area contributed by atoms with Gasteiger partial charge in [-0.3, -0.25) is 4.55 Å². The molecule has 2 bridgehead atoms. The summed E-state index contributed by atoms with van der Waals surface area (Å²) in [6.07, 6.45) is 3.82. The molecule has 0 aromatic rings. The van der Waals surface area contributed by atoms with Crippen LogP contribution in [0.15, 0.2) is 0 Å². The lowest BCUT2D eigenvalue weighted by atomic mass is 9.68. The third-order valence-electron chi connectivity index (χ3n) is 4.95. The second kappa shape index (κ2) is 3.91. The van der Waals surface area contributed by atoms with Gasteiger partial charge in [0, 0.05) is 5.41 Å². The molecular formula is C11H23NO4S. The molecular weight excluding hydrogens is 242 g/mol. The van der Waals surface area contributed by atoms with Crippen LogP contribution in [-0.4, -0.2) is 30.1 Å². The van der Waals surface area contributed by atoms with E-state index in [1.807, 2.05) is 0 Å². The first-order chi connectivity index (χ1) is 7.31. The standard InChI is InChI=1S/C10H19NO.CH4O3S/c1-8(2)7-4-5-9(8,3)10(11,12)6-7;1-5(2,3)4/h7,12H,4-6,11H2,1-3H3;1H3,(H,2,3,4). The van der Waals surface area contributed by atoms with Crippen LogP contribution in [0.2, 0.25) is 0 Å². The Morgan fingerprint density at radius 2 is 1.71 bits per heavy atom. The molecule has 0 amide bonds. The zero-order chi connectivity index (χ0) is 13.7. The number of fused-ring (bicyclic) bond motifs is 2. The predicted octanol–water partition coefficient (Wildman–Crippen LogP) is 0.984. The van der Waals surface area contributed by atoms with Crippen LogP contribution in [0.5, 0.6) is 0 Å². The van der Waals surface area contributed by atoms with E-state index >= 15 is 0 Å². The van der Waals surface area contributed by atoms with Gasteiger partial charge in [0.15, 0.2) is 0 Å². The first kappa shape index (κ1) is 14.9. The van der Waals surface area contributed by atoms with Gasteiger partial charge in [0.1, 0.15) is 5.72 Å². The Kier molecular flexibility index (Phi) is 3.43. The van der Waals surface area contributed by atoms with Crippen LogP contribution in [0.4, 0.5) is 0 Å². The molecule has 4 N–H and O–H groups in total. The average molecular weight is 265 g/mol. The van der Waals surface area contributed by atoms with E-state index in [1.165, 1.54) is 6.42 Å². The number of aliphatic hydroxyl groups is 1. The summed E-state index contributed by atoms with van der Waals surface area (Å²) in [6, 6.07) is 0. The maximum absolute atomic E-state index is 10.1. The summed E-state index contributed by atoms with van der Waals surface area (Å²) in [5, 5.41) is 10.1. The fourth-order valence-electron chi connectivity index (χ4n) is 3.33. The summed E-state index contributed by atoms with van der Waals surface area (Å²) < 4.78 is 25.9. The van der Waals surface area contributed by atoms with Crippen molar-refractivity contribution in [3.05, 3.63) is 0 Å². The van der Waals surface area contributed by atoms with Crippen molar-refractivity contribution < 1.29 is 18.1 Å². The lowest BCUT2D eigenvalue weighted by molar-refractivity contribution is -0.0844. The quantitative estimate of drug-likeness (QED) is 0.448. The zero-order valence-corrected chi connectivity index (χ0v) is 11.7. The Bertz CT molecular complexity index is 394. The molecule has 102 valence electrons. The minimum atomic E-state index is -3.67. The second-order valence-electron chi connectivity index (χ2n) is 6.15. The van der Waals surface area contributed by atoms with Crippen LogP contribution in [0.3, 0.4) is 0 Å². The molecule has 2 aliphatic carbocycles. The fourth-order valence-corrected chi connectivity index (χ4v) is 3.33. The van der Waals surface area contributed by atoms with Crippen molar-refractivity contribution >= 4 is 10.1 Å². The van der Waals surface area contributed by atoms with Crippen molar-refractivity contribution in [3.63, 3.8) is 0 Å². The Morgan fingerprint density at radius 1 is 1.29 bits per heavy atom. The van der Waals surface area contributed by atoms with E-state index in [0.29, 0.717) is 12.2 Å². The molecule has 0 radical (unpaired) electrons. The van der Waals surface area contributed by atoms with Gasteiger partial charge in [-0.05, 0) is 30.6 Å². The van der Waals surface area contributed by atoms with Crippen molar-refractivity contribution in [1.82, 2.24) is 0 Å². The van der Waals surface area contributed by atoms with Gasteiger partial charge >= 0.3 is 0 Å². The SMILES string of the molecule is CC1(C)C2CCC1(C)C(N)(O)C2.CS(=O)(=O)O. The zero-order valence-electron chi connectivity index (χ0n) is 10.9. The van der Waals surface area contributed by atoms with E-state index in [2.05, 4.69) is 20.8 Å². The molecule has 17 heavy (non-hydrogen) atoms. The molecule has 3 unspecified atom stereocenters. The van der Waals surface area contributed by atoms with Gasteiger partial charge in [0.2, 0.25) is 0 Å². The lowest BCUT2D eigenvalue weighted by Gasteiger charge is -2.42. The highest BCUT2D eigenvalue weighted by molar-refractivity contribution is 7.85. The van der Waals surface area contributed by atoms with Crippen molar-refractivity contribution in [1.29, 1.82) is 0 Å². The van der Waals surface area contributed by atoms with Crippen molar-refractivity contribution in [2.24, 2.45) is 22.5 Å². The summed E-state index contributed by atoms with van der Waals surface area (Å²) >= 11 is 0. The van der Waals surface area contributed by atoms with Gasteiger partial charge in [-0.15, -0.1) is 0 Å². The Labute approximate surface area is 103 Å². The summed E-state index contributed by atoms with van der Waals surface area (Å²) in [6.45, 7) is 6.63. The smallest absolute Gasteiger partial charge is 0.261 e. The van der Waals surface area contributed by atoms with Gasteiger partial charge < -0.3 is 10.8 Å². The molecule has 2 aliphatic rings. The summed E-state index contributed by atoms with van der Waals surface area (Å²) in [5.74, 6) is 0.623. The van der Waals surface area contributed by atoms with Gasteiger partial charge in [0.25, 0.3) is 10.1 Å². The van der Waals surface area contributed by atoms with Gasteiger partial charge in [-0.1, -0.05) is 20.8 Å². The van der Waals surface area contributed by atoms with E-state index in [9.17, 15) is 13.5 Å². The predicted molar refractivity (Wildman–Crippen MR) is 65.8 cm³/mol. The van der Waals surface area contributed by atoms with Crippen LogP contribution in [0, 0.1) is 16.7 Å². The molecule has 0 aromatic carbocycles. The average Bonchev–Trinajstić information content (AvgIpc) is 2.31. The maximum Gasteiger partial charge on any atom is 0.261 e. The molecule has 0 saturated heterocycles. The Hall–Kier alpha value is -0.170. The summed E-state index contributed by atoms with van der Waals surface area (Å²) in [7, 11) is -3.67. The molecule has 0 aromatic heterocycles. The van der Waals surface area contributed by atoms with Crippen molar-refractivity contribution in [2.75, 3.05) is 6.26 Å². The highest BCUT2D eigenvalue weighted by Crippen LogP contribution is 2.67. The largest absolute Gasteiger partial charge is 0.375 e. The molecule has 2 fully saturated rings. The molecule has 0 heterocycles. The number of rotatable bonds is 0. The highest BCUT2D eigenvalue weighted by Gasteiger charge is 2.67. The van der Waals surface area contributed by atoms with Crippen LogP contribution in [0.1, 0.15) is 40.0 Å². The highest BCUT2D eigenvalue weighted by atomic mass is 32.2. The lowest BCUT2D eigenvalue weighted by Crippen LogP contribution is -2.54. The third-order valence-corrected chi connectivity index (χ3v) is 4.95. The minimum Gasteiger partial charge on any atom is -0.375 e. The van der Waals surface area contributed by atoms with E-state index in [0.717, 1.165) is 12.8 Å². The first-order valence-corrected chi connectivity index (χ1v) is 7.60. The maximum atomic E-state index is 10.1. The van der Waals surface area contributed by atoms with E-state index in [1.54, 1.807) is 0 Å². The topological polar surface area (TPSA) is 101 Å². The number of nitrogens with two attached hydrogens (primary N) is 1. The van der Waals surface area contributed by atoms with Gasteiger partial charge in [-0.25, -0.2) is 0 Å². The van der Waals surface area contributed by atoms with Gasteiger partial charge in [0.05, 0.1) is 6.26 Å². The first-order valence-electron chi connectivity index (χ1n) is 5.75. The molecule has 0 spiro atoms. The molecule has 0 aliphatic heterocycles. The fraction of sp³-hybridized carbons (Fsp3) is 1.00. The summed E-state index contributed by atoms with van der Waals surface area (Å²) in [4.78, 5) is 0. The van der Waals surface area contributed by atoms with Gasteiger partial charge in [-0.2, -0.15) is 8.42 Å².